The molecule has 0 amide bonds. The molecule has 0 saturated heterocycles. The van der Waals surface area contributed by atoms with Crippen LogP contribution in [-0.2, 0) is 5.41 Å². The van der Waals surface area contributed by atoms with E-state index >= 15 is 0 Å². The Kier molecular flexibility index (Phi) is 6.36. The summed E-state index contributed by atoms with van der Waals surface area (Å²) < 4.78 is 6.91. The second-order valence-electron chi connectivity index (χ2n) is 12.7. The van der Waals surface area contributed by atoms with Crippen LogP contribution in [0.15, 0.2) is 176 Å². The fourth-order valence-corrected chi connectivity index (χ4v) is 7.86. The molecule has 0 fully saturated rings. The van der Waals surface area contributed by atoms with E-state index in [-0.39, 0.29) is 0 Å². The molecule has 0 unspecified atom stereocenters. The molecule has 0 atom stereocenters. The highest BCUT2D eigenvalue weighted by Crippen LogP contribution is 2.63. The average molecular weight is 640 g/mol. The third-order valence-electron chi connectivity index (χ3n) is 9.99. The third kappa shape index (κ3) is 4.22. The van der Waals surface area contributed by atoms with Crippen molar-refractivity contribution in [3.05, 3.63) is 198 Å². The molecular formula is C46H29N3O. The number of pyridine rings is 1. The van der Waals surface area contributed by atoms with E-state index in [0.717, 1.165) is 62.1 Å². The van der Waals surface area contributed by atoms with E-state index in [9.17, 15) is 0 Å². The quantitative estimate of drug-likeness (QED) is 0.192. The standard InChI is InChI=1S/C46H29N3O/c1-3-15-30(16-4-1)41-29-42(49-45(48-41)31-17-5-2-6-18-31)40-27-14-26-39(47-40)34-21-13-25-38-44(34)50-43-28-12-11-24-37(43)46(38)35-22-9-7-19-32(35)33-20-8-10-23-36(33)46/h1-29H. The van der Waals surface area contributed by atoms with Crippen LogP contribution in [-0.4, -0.2) is 15.0 Å². The van der Waals surface area contributed by atoms with Crippen molar-refractivity contribution in [3.63, 3.8) is 0 Å². The highest BCUT2D eigenvalue weighted by atomic mass is 16.5. The number of nitrogens with zero attached hydrogens (tertiary/aromatic N) is 3. The lowest BCUT2D eigenvalue weighted by molar-refractivity contribution is 0.438. The maximum atomic E-state index is 6.91. The molecule has 8 aromatic rings. The first-order valence-electron chi connectivity index (χ1n) is 16.9. The van der Waals surface area contributed by atoms with Gasteiger partial charge in [0.15, 0.2) is 5.82 Å². The van der Waals surface area contributed by atoms with Gasteiger partial charge in [-0.25, -0.2) is 15.0 Å². The van der Waals surface area contributed by atoms with Crippen molar-refractivity contribution in [1.29, 1.82) is 0 Å². The van der Waals surface area contributed by atoms with E-state index in [4.69, 9.17) is 19.7 Å². The van der Waals surface area contributed by atoms with Gasteiger partial charge < -0.3 is 4.74 Å². The minimum absolute atomic E-state index is 0.535. The molecular weight excluding hydrogens is 611 g/mol. The van der Waals surface area contributed by atoms with Crippen LogP contribution in [0.1, 0.15) is 22.3 Å². The van der Waals surface area contributed by atoms with Gasteiger partial charge in [-0.15, -0.1) is 0 Å². The number of ether oxygens (including phenoxy) is 1. The monoisotopic (exact) mass is 639 g/mol. The summed E-state index contributed by atoms with van der Waals surface area (Å²) in [5, 5.41) is 0. The average Bonchev–Trinajstić information content (AvgIpc) is 3.49. The summed E-state index contributed by atoms with van der Waals surface area (Å²) in [4.78, 5) is 15.3. The van der Waals surface area contributed by atoms with E-state index in [1.165, 1.54) is 22.3 Å². The van der Waals surface area contributed by atoms with Gasteiger partial charge in [0.1, 0.15) is 11.5 Å². The summed E-state index contributed by atoms with van der Waals surface area (Å²) >= 11 is 0. The highest BCUT2D eigenvalue weighted by Gasteiger charge is 2.51. The van der Waals surface area contributed by atoms with Gasteiger partial charge in [0.25, 0.3) is 0 Å². The van der Waals surface area contributed by atoms with Gasteiger partial charge in [-0.2, -0.15) is 0 Å². The molecule has 4 heteroatoms. The van der Waals surface area contributed by atoms with Crippen LogP contribution < -0.4 is 4.74 Å². The summed E-state index contributed by atoms with van der Waals surface area (Å²) in [6, 6.07) is 61.0. The summed E-state index contributed by atoms with van der Waals surface area (Å²) in [5.41, 5.74) is 12.8. The third-order valence-corrected chi connectivity index (χ3v) is 9.99. The Labute approximate surface area is 290 Å². The molecule has 2 aliphatic rings. The summed E-state index contributed by atoms with van der Waals surface area (Å²) in [5.74, 6) is 2.33. The van der Waals surface area contributed by atoms with Crippen LogP contribution in [0.2, 0.25) is 0 Å². The number of fused-ring (bicyclic) bond motifs is 9. The number of aromatic nitrogens is 3. The van der Waals surface area contributed by atoms with Gasteiger partial charge in [0.05, 0.1) is 28.2 Å². The maximum Gasteiger partial charge on any atom is 0.160 e. The van der Waals surface area contributed by atoms with Crippen molar-refractivity contribution in [1.82, 2.24) is 15.0 Å². The number of benzene rings is 6. The van der Waals surface area contributed by atoms with E-state index in [1.54, 1.807) is 0 Å². The van der Waals surface area contributed by atoms with Crippen LogP contribution >= 0.6 is 0 Å². The van der Waals surface area contributed by atoms with Gasteiger partial charge in [-0.3, -0.25) is 0 Å². The predicted molar refractivity (Wildman–Crippen MR) is 199 cm³/mol. The van der Waals surface area contributed by atoms with Crippen LogP contribution in [0.25, 0.3) is 56.4 Å². The molecule has 0 N–H and O–H groups in total. The van der Waals surface area contributed by atoms with Crippen LogP contribution in [0.3, 0.4) is 0 Å². The minimum atomic E-state index is -0.535. The fraction of sp³-hybridized carbons (Fsp3) is 0.0217. The van der Waals surface area contributed by atoms with Gasteiger partial charge in [-0.05, 0) is 52.6 Å². The molecule has 10 rings (SSSR count). The van der Waals surface area contributed by atoms with Crippen molar-refractivity contribution in [2.75, 3.05) is 0 Å². The molecule has 1 aliphatic heterocycles. The van der Waals surface area contributed by atoms with Crippen molar-refractivity contribution in [2.24, 2.45) is 0 Å². The Bertz CT molecular complexity index is 2480. The number of para-hydroxylation sites is 2. The number of hydrogen-bond donors (Lipinski definition) is 0. The molecule has 234 valence electrons. The lowest BCUT2D eigenvalue weighted by atomic mass is 9.65. The molecule has 0 bridgehead atoms. The molecule has 6 aromatic carbocycles. The summed E-state index contributed by atoms with van der Waals surface area (Å²) in [7, 11) is 0. The number of rotatable bonds is 4. The van der Waals surface area contributed by atoms with Crippen LogP contribution in [0.4, 0.5) is 0 Å². The molecule has 50 heavy (non-hydrogen) atoms. The van der Waals surface area contributed by atoms with Crippen molar-refractivity contribution >= 4 is 0 Å². The predicted octanol–water partition coefficient (Wildman–Crippen LogP) is 11.0. The Morgan fingerprint density at radius 3 is 1.64 bits per heavy atom. The fourth-order valence-electron chi connectivity index (χ4n) is 7.86. The first kappa shape index (κ1) is 28.4. The highest BCUT2D eigenvalue weighted by molar-refractivity contribution is 5.90. The van der Waals surface area contributed by atoms with Crippen molar-refractivity contribution in [3.8, 4) is 67.9 Å². The Balaban J connectivity index is 1.18. The number of hydrogen-bond acceptors (Lipinski definition) is 4. The van der Waals surface area contributed by atoms with Crippen LogP contribution in [0, 0.1) is 0 Å². The van der Waals surface area contributed by atoms with Crippen LogP contribution in [0.5, 0.6) is 11.5 Å². The maximum absolute atomic E-state index is 6.91. The summed E-state index contributed by atoms with van der Waals surface area (Å²) in [6.07, 6.45) is 0. The van der Waals surface area contributed by atoms with E-state index in [1.807, 2.05) is 60.7 Å². The molecule has 0 saturated carbocycles. The molecule has 4 nitrogen and oxygen atoms in total. The molecule has 3 heterocycles. The second-order valence-corrected chi connectivity index (χ2v) is 12.7. The lowest BCUT2D eigenvalue weighted by Gasteiger charge is -2.40. The SMILES string of the molecule is c1ccc(-c2cc(-c3cccc(-c4cccc5c4Oc4ccccc4C54c5ccccc5-c5ccccc54)n3)nc(-c3ccccc3)n2)cc1. The zero-order valence-corrected chi connectivity index (χ0v) is 27.0. The van der Waals surface area contributed by atoms with Gasteiger partial charge >= 0.3 is 0 Å². The minimum Gasteiger partial charge on any atom is -0.456 e. The topological polar surface area (TPSA) is 47.9 Å². The van der Waals surface area contributed by atoms with E-state index < -0.39 is 5.41 Å². The lowest BCUT2D eigenvalue weighted by Crippen LogP contribution is -2.32. The first-order valence-corrected chi connectivity index (χ1v) is 16.9. The normalized spacial score (nSPS) is 13.1. The Morgan fingerprint density at radius 2 is 0.900 bits per heavy atom. The zero-order chi connectivity index (χ0) is 33.1. The van der Waals surface area contributed by atoms with Gasteiger partial charge in [0.2, 0.25) is 0 Å². The second kappa shape index (κ2) is 11.2. The smallest absolute Gasteiger partial charge is 0.160 e. The van der Waals surface area contributed by atoms with Gasteiger partial charge in [-0.1, -0.05) is 146 Å². The first-order chi connectivity index (χ1) is 24.8. The molecule has 0 radical (unpaired) electrons. The molecule has 2 aromatic heterocycles. The zero-order valence-electron chi connectivity index (χ0n) is 27.0. The van der Waals surface area contributed by atoms with Gasteiger partial charge in [0, 0.05) is 27.8 Å². The Morgan fingerprint density at radius 1 is 0.360 bits per heavy atom. The molecule has 1 aliphatic carbocycles. The largest absolute Gasteiger partial charge is 0.456 e. The molecule has 1 spiro atoms. The Hall–Kier alpha value is -6.65. The van der Waals surface area contributed by atoms with E-state index in [2.05, 4.69) is 115 Å². The van der Waals surface area contributed by atoms with Crippen molar-refractivity contribution in [2.45, 2.75) is 5.41 Å². The summed E-state index contributed by atoms with van der Waals surface area (Å²) in [6.45, 7) is 0. The van der Waals surface area contributed by atoms with Crippen molar-refractivity contribution < 1.29 is 4.74 Å². The van der Waals surface area contributed by atoms with E-state index in [0.29, 0.717) is 5.82 Å².